The van der Waals surface area contributed by atoms with E-state index < -0.39 is 0 Å². The van der Waals surface area contributed by atoms with Gasteiger partial charge in [0, 0.05) is 6.04 Å². The quantitative estimate of drug-likeness (QED) is 0.782. The Kier molecular flexibility index (Phi) is 4.92. The Morgan fingerprint density at radius 1 is 1.40 bits per heavy atom. The molecule has 3 heteroatoms. The minimum atomic E-state index is -0.255. The monoisotopic (exact) mass is 213 g/mol. The van der Waals surface area contributed by atoms with Crippen LogP contribution in [0.15, 0.2) is 0 Å². The molecule has 1 fully saturated rings. The first kappa shape index (κ1) is 12.3. The standard InChI is InChI=1S/C12H23NO2/c1-4-15-12(14)13-11-8-6-5-7-10(11)9(2)3/h9-11H,4-8H2,1-3H3,(H,13,14). The van der Waals surface area contributed by atoms with Crippen LogP contribution in [0.3, 0.4) is 0 Å². The fraction of sp³-hybridized carbons (Fsp3) is 0.917. The second-order valence-corrected chi connectivity index (χ2v) is 4.66. The van der Waals surface area contributed by atoms with E-state index in [1.54, 1.807) is 0 Å². The third kappa shape index (κ3) is 3.73. The van der Waals surface area contributed by atoms with Crippen LogP contribution in [-0.2, 0) is 4.74 Å². The number of alkyl carbamates (subject to hydrolysis) is 1. The first-order valence-corrected chi connectivity index (χ1v) is 6.08. The maximum absolute atomic E-state index is 11.3. The fourth-order valence-corrected chi connectivity index (χ4v) is 2.46. The maximum Gasteiger partial charge on any atom is 0.407 e. The molecule has 2 atom stereocenters. The van der Waals surface area contributed by atoms with Gasteiger partial charge >= 0.3 is 6.09 Å². The van der Waals surface area contributed by atoms with Gasteiger partial charge in [-0.1, -0.05) is 26.7 Å². The summed E-state index contributed by atoms with van der Waals surface area (Å²) in [6.07, 6.45) is 4.59. The lowest BCUT2D eigenvalue weighted by molar-refractivity contribution is 0.131. The van der Waals surface area contributed by atoms with Gasteiger partial charge in [-0.15, -0.1) is 0 Å². The molecule has 1 amide bonds. The molecule has 1 aliphatic carbocycles. The highest BCUT2D eigenvalue weighted by Crippen LogP contribution is 2.30. The molecule has 3 nitrogen and oxygen atoms in total. The van der Waals surface area contributed by atoms with Gasteiger partial charge < -0.3 is 10.1 Å². The third-order valence-electron chi connectivity index (χ3n) is 3.25. The van der Waals surface area contributed by atoms with Gasteiger partial charge in [-0.2, -0.15) is 0 Å². The molecule has 0 aromatic rings. The van der Waals surface area contributed by atoms with Crippen LogP contribution in [0.1, 0.15) is 46.5 Å². The van der Waals surface area contributed by atoms with Crippen molar-refractivity contribution in [3.63, 3.8) is 0 Å². The summed E-state index contributed by atoms with van der Waals surface area (Å²) >= 11 is 0. The Morgan fingerprint density at radius 2 is 2.07 bits per heavy atom. The first-order chi connectivity index (χ1) is 7.15. The second kappa shape index (κ2) is 5.99. The lowest BCUT2D eigenvalue weighted by atomic mass is 9.78. The predicted octanol–water partition coefficient (Wildman–Crippen LogP) is 2.95. The SMILES string of the molecule is CCOC(=O)NC1CCCCC1C(C)C. The number of nitrogens with one attached hydrogen (secondary N) is 1. The van der Waals surface area contributed by atoms with Crippen molar-refractivity contribution in [2.75, 3.05) is 6.61 Å². The van der Waals surface area contributed by atoms with Crippen LogP contribution in [0, 0.1) is 11.8 Å². The Balaban J connectivity index is 2.45. The van der Waals surface area contributed by atoms with E-state index in [-0.39, 0.29) is 6.09 Å². The Bertz CT molecular complexity index is 204. The van der Waals surface area contributed by atoms with E-state index >= 15 is 0 Å². The molecule has 0 spiro atoms. The molecular weight excluding hydrogens is 190 g/mol. The summed E-state index contributed by atoms with van der Waals surface area (Å²) in [6, 6.07) is 0.317. The molecule has 15 heavy (non-hydrogen) atoms. The minimum Gasteiger partial charge on any atom is -0.450 e. The van der Waals surface area contributed by atoms with Crippen LogP contribution < -0.4 is 5.32 Å². The molecule has 0 saturated heterocycles. The Morgan fingerprint density at radius 3 is 2.67 bits per heavy atom. The molecule has 88 valence electrons. The lowest BCUT2D eigenvalue weighted by Gasteiger charge is -2.34. The molecule has 1 N–H and O–H groups in total. The first-order valence-electron chi connectivity index (χ1n) is 6.08. The van der Waals surface area contributed by atoms with E-state index in [1.165, 1.54) is 19.3 Å². The summed E-state index contributed by atoms with van der Waals surface area (Å²) in [5.74, 6) is 1.25. The molecule has 1 saturated carbocycles. The highest BCUT2D eigenvalue weighted by Gasteiger charge is 2.28. The lowest BCUT2D eigenvalue weighted by Crippen LogP contribution is -2.44. The second-order valence-electron chi connectivity index (χ2n) is 4.66. The van der Waals surface area contributed by atoms with Gasteiger partial charge in [-0.3, -0.25) is 0 Å². The van der Waals surface area contributed by atoms with Crippen molar-refractivity contribution >= 4 is 6.09 Å². The van der Waals surface area contributed by atoms with Gasteiger partial charge in [0.2, 0.25) is 0 Å². The van der Waals surface area contributed by atoms with Gasteiger partial charge in [0.1, 0.15) is 0 Å². The highest BCUT2D eigenvalue weighted by molar-refractivity contribution is 5.67. The topological polar surface area (TPSA) is 38.3 Å². The number of amides is 1. The van der Waals surface area contributed by atoms with Crippen LogP contribution in [0.2, 0.25) is 0 Å². The van der Waals surface area contributed by atoms with Crippen LogP contribution in [-0.4, -0.2) is 18.7 Å². The summed E-state index contributed by atoms with van der Waals surface area (Å²) in [5.41, 5.74) is 0. The van der Waals surface area contributed by atoms with Gasteiger partial charge in [0.05, 0.1) is 6.61 Å². The van der Waals surface area contributed by atoms with E-state index in [9.17, 15) is 4.79 Å². The summed E-state index contributed by atoms with van der Waals surface area (Å²) in [4.78, 5) is 11.3. The molecule has 0 heterocycles. The van der Waals surface area contributed by atoms with E-state index in [0.29, 0.717) is 24.5 Å². The third-order valence-corrected chi connectivity index (χ3v) is 3.25. The summed E-state index contributed by atoms with van der Waals surface area (Å²) in [6.45, 7) is 6.75. The average Bonchev–Trinajstić information content (AvgIpc) is 2.18. The summed E-state index contributed by atoms with van der Waals surface area (Å²) in [5, 5.41) is 2.99. The number of carbonyl (C=O) groups excluding carboxylic acids is 1. The molecular formula is C12H23NO2. The van der Waals surface area contributed by atoms with Crippen molar-refractivity contribution in [3.05, 3.63) is 0 Å². The van der Waals surface area contributed by atoms with Crippen LogP contribution >= 0.6 is 0 Å². The van der Waals surface area contributed by atoms with Crippen LogP contribution in [0.4, 0.5) is 4.79 Å². The zero-order valence-electron chi connectivity index (χ0n) is 10.1. The minimum absolute atomic E-state index is 0.255. The highest BCUT2D eigenvalue weighted by atomic mass is 16.5. The van der Waals surface area contributed by atoms with E-state index in [1.807, 2.05) is 6.92 Å². The molecule has 0 aromatic heterocycles. The van der Waals surface area contributed by atoms with Crippen molar-refractivity contribution in [1.82, 2.24) is 5.32 Å². The smallest absolute Gasteiger partial charge is 0.407 e. The molecule has 0 radical (unpaired) electrons. The predicted molar refractivity (Wildman–Crippen MR) is 60.7 cm³/mol. The molecule has 0 bridgehead atoms. The normalized spacial score (nSPS) is 26.4. The molecule has 1 rings (SSSR count). The number of hydrogen-bond acceptors (Lipinski definition) is 2. The van der Waals surface area contributed by atoms with E-state index in [4.69, 9.17) is 4.74 Å². The van der Waals surface area contributed by atoms with E-state index in [2.05, 4.69) is 19.2 Å². The average molecular weight is 213 g/mol. The molecule has 1 aliphatic rings. The van der Waals surface area contributed by atoms with Gasteiger partial charge in [-0.25, -0.2) is 4.79 Å². The Hall–Kier alpha value is -0.730. The number of ether oxygens (including phenoxy) is 1. The van der Waals surface area contributed by atoms with Crippen molar-refractivity contribution in [2.45, 2.75) is 52.5 Å². The zero-order chi connectivity index (χ0) is 11.3. The van der Waals surface area contributed by atoms with Gasteiger partial charge in [0.15, 0.2) is 0 Å². The summed E-state index contributed by atoms with van der Waals surface area (Å²) in [7, 11) is 0. The molecule has 0 aromatic carbocycles. The zero-order valence-corrected chi connectivity index (χ0v) is 10.1. The van der Waals surface area contributed by atoms with Crippen LogP contribution in [0.25, 0.3) is 0 Å². The summed E-state index contributed by atoms with van der Waals surface area (Å²) < 4.78 is 4.92. The van der Waals surface area contributed by atoms with Gasteiger partial charge in [0.25, 0.3) is 0 Å². The fourth-order valence-electron chi connectivity index (χ4n) is 2.46. The maximum atomic E-state index is 11.3. The van der Waals surface area contributed by atoms with E-state index in [0.717, 1.165) is 6.42 Å². The Labute approximate surface area is 92.6 Å². The van der Waals surface area contributed by atoms with Crippen molar-refractivity contribution < 1.29 is 9.53 Å². The van der Waals surface area contributed by atoms with Gasteiger partial charge in [-0.05, 0) is 31.6 Å². The molecule has 0 aliphatic heterocycles. The largest absolute Gasteiger partial charge is 0.450 e. The number of carbonyl (C=O) groups is 1. The number of hydrogen-bond donors (Lipinski definition) is 1. The van der Waals surface area contributed by atoms with Crippen molar-refractivity contribution in [3.8, 4) is 0 Å². The number of rotatable bonds is 3. The van der Waals surface area contributed by atoms with Crippen molar-refractivity contribution in [2.24, 2.45) is 11.8 Å². The van der Waals surface area contributed by atoms with Crippen LogP contribution in [0.5, 0.6) is 0 Å². The van der Waals surface area contributed by atoms with Crippen molar-refractivity contribution in [1.29, 1.82) is 0 Å². The molecule has 2 unspecified atom stereocenters.